The van der Waals surface area contributed by atoms with Crippen LogP contribution in [0, 0.1) is 0 Å². The van der Waals surface area contributed by atoms with Crippen LogP contribution < -0.4 is 14.8 Å². The number of benzene rings is 1. The van der Waals surface area contributed by atoms with Crippen LogP contribution in [0.15, 0.2) is 24.3 Å². The molecule has 6 nitrogen and oxygen atoms in total. The number of nitrogens with one attached hydrogen (secondary N) is 1. The van der Waals surface area contributed by atoms with Gasteiger partial charge in [0.2, 0.25) is 11.8 Å². The highest BCUT2D eigenvalue weighted by Crippen LogP contribution is 2.29. The predicted molar refractivity (Wildman–Crippen MR) is 89.6 cm³/mol. The van der Waals surface area contributed by atoms with E-state index in [2.05, 4.69) is 10.1 Å². The Morgan fingerprint density at radius 3 is 2.56 bits per heavy atom. The predicted octanol–water partition coefficient (Wildman–Crippen LogP) is 2.29. The van der Waals surface area contributed by atoms with Gasteiger partial charge in [-0.15, -0.1) is 0 Å². The van der Waals surface area contributed by atoms with Gasteiger partial charge >= 0.3 is 6.61 Å². The fourth-order valence-corrected chi connectivity index (χ4v) is 2.03. The van der Waals surface area contributed by atoms with Crippen molar-refractivity contribution >= 4 is 17.9 Å². The van der Waals surface area contributed by atoms with Crippen molar-refractivity contribution in [3.05, 3.63) is 29.8 Å². The molecule has 8 heteroatoms. The van der Waals surface area contributed by atoms with Crippen molar-refractivity contribution in [3.63, 3.8) is 0 Å². The molecule has 2 amide bonds. The average Bonchev–Trinajstić information content (AvgIpc) is 2.58. The van der Waals surface area contributed by atoms with Crippen LogP contribution in [0.3, 0.4) is 0 Å². The van der Waals surface area contributed by atoms with E-state index in [-0.39, 0.29) is 29.9 Å². The van der Waals surface area contributed by atoms with Crippen LogP contribution in [0.2, 0.25) is 0 Å². The summed E-state index contributed by atoms with van der Waals surface area (Å²) in [7, 11) is 1.33. The third-order valence-corrected chi connectivity index (χ3v) is 3.22. The number of amides is 2. The first-order valence-corrected chi connectivity index (χ1v) is 7.77. The van der Waals surface area contributed by atoms with Crippen LogP contribution in [-0.2, 0) is 9.59 Å². The fraction of sp³-hybridized carbons (Fsp3) is 0.412. The first-order chi connectivity index (χ1) is 11.9. The van der Waals surface area contributed by atoms with Crippen molar-refractivity contribution in [2.24, 2.45) is 0 Å². The van der Waals surface area contributed by atoms with Crippen molar-refractivity contribution in [3.8, 4) is 11.5 Å². The highest BCUT2D eigenvalue weighted by Gasteiger charge is 2.13. The Morgan fingerprint density at radius 1 is 1.28 bits per heavy atom. The van der Waals surface area contributed by atoms with Crippen molar-refractivity contribution in [1.29, 1.82) is 0 Å². The lowest BCUT2D eigenvalue weighted by atomic mass is 10.2. The van der Waals surface area contributed by atoms with E-state index >= 15 is 0 Å². The average molecular weight is 356 g/mol. The molecular weight excluding hydrogens is 334 g/mol. The van der Waals surface area contributed by atoms with Crippen LogP contribution in [-0.4, -0.2) is 50.1 Å². The number of carbonyl (C=O) groups is 2. The fourth-order valence-electron chi connectivity index (χ4n) is 2.03. The Balaban J connectivity index is 2.82. The summed E-state index contributed by atoms with van der Waals surface area (Å²) in [4.78, 5) is 25.1. The van der Waals surface area contributed by atoms with Gasteiger partial charge in [-0.3, -0.25) is 9.59 Å². The summed E-state index contributed by atoms with van der Waals surface area (Å²) in [5.41, 5.74) is 0.570. The van der Waals surface area contributed by atoms with Crippen molar-refractivity contribution in [2.45, 2.75) is 20.5 Å². The largest absolute Gasteiger partial charge is 0.493 e. The molecule has 0 aliphatic heterocycles. The van der Waals surface area contributed by atoms with Crippen LogP contribution in [0.1, 0.15) is 19.4 Å². The molecule has 0 aromatic heterocycles. The molecule has 0 heterocycles. The molecule has 1 aromatic rings. The third-order valence-electron chi connectivity index (χ3n) is 3.22. The maximum Gasteiger partial charge on any atom is 0.387 e. The van der Waals surface area contributed by atoms with Gasteiger partial charge in [-0.25, -0.2) is 0 Å². The van der Waals surface area contributed by atoms with Gasteiger partial charge in [0.15, 0.2) is 11.5 Å². The lowest BCUT2D eigenvalue weighted by Crippen LogP contribution is -2.39. The Bertz CT molecular complexity index is 621. The topological polar surface area (TPSA) is 67.9 Å². The van der Waals surface area contributed by atoms with E-state index in [4.69, 9.17) is 4.74 Å². The Morgan fingerprint density at radius 2 is 2.00 bits per heavy atom. The zero-order chi connectivity index (χ0) is 18.8. The number of ether oxygens (including phenoxy) is 2. The number of carbonyl (C=O) groups excluding carboxylic acids is 2. The maximum absolute atomic E-state index is 12.3. The number of halogens is 2. The molecule has 0 fully saturated rings. The van der Waals surface area contributed by atoms with Crippen molar-refractivity contribution in [1.82, 2.24) is 10.2 Å². The third kappa shape index (κ3) is 6.78. The van der Waals surface area contributed by atoms with E-state index in [1.54, 1.807) is 13.8 Å². The molecule has 0 bridgehead atoms. The van der Waals surface area contributed by atoms with Crippen molar-refractivity contribution in [2.75, 3.05) is 26.7 Å². The number of methoxy groups -OCH3 is 1. The first-order valence-electron chi connectivity index (χ1n) is 7.77. The Kier molecular flexibility index (Phi) is 8.38. The summed E-state index contributed by atoms with van der Waals surface area (Å²) in [6, 6.07) is 4.33. The van der Waals surface area contributed by atoms with Gasteiger partial charge in [-0.1, -0.05) is 6.07 Å². The van der Waals surface area contributed by atoms with Gasteiger partial charge < -0.3 is 19.7 Å². The molecule has 1 aromatic carbocycles. The number of rotatable bonds is 9. The van der Waals surface area contributed by atoms with Crippen molar-refractivity contribution < 1.29 is 27.8 Å². The molecular formula is C17H22F2N2O4. The first kappa shape index (κ1) is 20.4. The zero-order valence-electron chi connectivity index (χ0n) is 14.4. The van der Waals surface area contributed by atoms with Gasteiger partial charge in [0.05, 0.1) is 13.7 Å². The van der Waals surface area contributed by atoms with E-state index in [9.17, 15) is 18.4 Å². The van der Waals surface area contributed by atoms with Gasteiger partial charge in [-0.05, 0) is 37.6 Å². The second-order valence-corrected chi connectivity index (χ2v) is 4.93. The molecule has 0 aliphatic rings. The zero-order valence-corrected chi connectivity index (χ0v) is 14.4. The molecule has 0 radical (unpaired) electrons. The second-order valence-electron chi connectivity index (χ2n) is 4.93. The maximum atomic E-state index is 12.3. The molecule has 0 aliphatic carbocycles. The normalized spacial score (nSPS) is 10.8. The molecule has 25 heavy (non-hydrogen) atoms. The van der Waals surface area contributed by atoms with Crippen LogP contribution >= 0.6 is 0 Å². The number of hydrogen-bond acceptors (Lipinski definition) is 4. The second kappa shape index (κ2) is 10.3. The monoisotopic (exact) mass is 356 g/mol. The van der Waals surface area contributed by atoms with Crippen LogP contribution in [0.4, 0.5) is 8.78 Å². The minimum absolute atomic E-state index is 0.0298. The smallest absolute Gasteiger partial charge is 0.387 e. The lowest BCUT2D eigenvalue weighted by molar-refractivity contribution is -0.132. The molecule has 1 rings (SSSR count). The Labute approximate surface area is 145 Å². The summed E-state index contributed by atoms with van der Waals surface area (Å²) in [6.07, 6.45) is 2.82. The molecule has 0 atom stereocenters. The summed E-state index contributed by atoms with van der Waals surface area (Å²) in [5, 5.41) is 2.63. The highest BCUT2D eigenvalue weighted by molar-refractivity contribution is 5.94. The minimum Gasteiger partial charge on any atom is -0.493 e. The summed E-state index contributed by atoms with van der Waals surface area (Å²) in [5.74, 6) is -0.529. The van der Waals surface area contributed by atoms with Gasteiger partial charge in [0.1, 0.15) is 0 Å². The quantitative estimate of drug-likeness (QED) is 0.690. The molecule has 1 N–H and O–H groups in total. The molecule has 0 unspecified atom stereocenters. The van der Waals surface area contributed by atoms with E-state index in [0.29, 0.717) is 18.7 Å². The van der Waals surface area contributed by atoms with E-state index in [0.717, 1.165) is 0 Å². The van der Waals surface area contributed by atoms with E-state index in [1.807, 2.05) is 0 Å². The summed E-state index contributed by atoms with van der Waals surface area (Å²) < 4.78 is 33.9. The van der Waals surface area contributed by atoms with Crippen LogP contribution in [0.5, 0.6) is 11.5 Å². The van der Waals surface area contributed by atoms with E-state index in [1.165, 1.54) is 42.4 Å². The lowest BCUT2D eigenvalue weighted by Gasteiger charge is -2.18. The molecule has 0 saturated heterocycles. The minimum atomic E-state index is -2.95. The SMILES string of the molecule is CCNC(=O)CN(CC)C(=O)/C=C/c1ccc(OC(F)F)c(OC)c1. The Hall–Kier alpha value is -2.64. The summed E-state index contributed by atoms with van der Waals surface area (Å²) >= 11 is 0. The van der Waals surface area contributed by atoms with Gasteiger partial charge in [0.25, 0.3) is 0 Å². The number of alkyl halides is 2. The van der Waals surface area contributed by atoms with Gasteiger partial charge in [0, 0.05) is 19.2 Å². The number of likely N-dealkylation sites (N-methyl/N-ethyl adjacent to an activating group) is 2. The number of hydrogen-bond donors (Lipinski definition) is 1. The van der Waals surface area contributed by atoms with Crippen LogP contribution in [0.25, 0.3) is 6.08 Å². The standard InChI is InChI=1S/C17H22F2N2O4/c1-4-20-15(22)11-21(5-2)16(23)9-7-12-6-8-13(25-17(18)19)14(10-12)24-3/h6-10,17H,4-5,11H2,1-3H3,(H,20,22)/b9-7+. The van der Waals surface area contributed by atoms with E-state index < -0.39 is 6.61 Å². The molecule has 138 valence electrons. The molecule has 0 spiro atoms. The summed E-state index contributed by atoms with van der Waals surface area (Å²) in [6.45, 7) is 1.45. The van der Waals surface area contributed by atoms with Gasteiger partial charge in [-0.2, -0.15) is 8.78 Å². The molecule has 0 saturated carbocycles. The highest BCUT2D eigenvalue weighted by atomic mass is 19.3. The number of nitrogens with zero attached hydrogens (tertiary/aromatic N) is 1.